The quantitative estimate of drug-likeness (QED) is 0.246. The minimum absolute atomic E-state index is 0.0528. The molecule has 3 saturated carbocycles. The first-order valence-corrected chi connectivity index (χ1v) is 13.9. The van der Waals surface area contributed by atoms with Gasteiger partial charge in [0.1, 0.15) is 18.3 Å². The highest BCUT2D eigenvalue weighted by Gasteiger charge is 2.72. The highest BCUT2D eigenvalue weighted by Crippen LogP contribution is 2.71. The number of ketones is 2. The Balaban J connectivity index is 1.77. The van der Waals surface area contributed by atoms with Crippen LogP contribution < -0.4 is 0 Å². The van der Waals surface area contributed by atoms with E-state index in [4.69, 9.17) is 0 Å². The highest BCUT2D eigenvalue weighted by molar-refractivity contribution is 6.05. The molecule has 0 aromatic carbocycles. The number of hydrogen-bond acceptors (Lipinski definition) is 5. The van der Waals surface area contributed by atoms with Crippen LogP contribution in [0, 0.1) is 39.9 Å². The highest BCUT2D eigenvalue weighted by atomic mass is 16.4. The van der Waals surface area contributed by atoms with E-state index < -0.39 is 47.0 Å². The molecule has 3 fully saturated rings. The maximum absolute atomic E-state index is 13.6. The molecule has 0 saturated heterocycles. The molecular weight excluding hydrogens is 444 g/mol. The molecule has 196 valence electrons. The van der Waals surface area contributed by atoms with Gasteiger partial charge in [0, 0.05) is 6.42 Å². The first-order valence-electron chi connectivity index (χ1n) is 13.9. The van der Waals surface area contributed by atoms with E-state index in [1.165, 1.54) is 5.57 Å². The Morgan fingerprint density at radius 3 is 2.54 bits per heavy atom. The van der Waals surface area contributed by atoms with Crippen LogP contribution in [0.2, 0.25) is 0 Å². The lowest BCUT2D eigenvalue weighted by atomic mass is 9.42. The van der Waals surface area contributed by atoms with Crippen LogP contribution in [0.3, 0.4) is 0 Å². The summed E-state index contributed by atoms with van der Waals surface area (Å²) in [5.74, 6) is -3.35. The van der Waals surface area contributed by atoms with Crippen LogP contribution in [0.15, 0.2) is 11.6 Å². The lowest BCUT2D eigenvalue weighted by molar-refractivity contribution is -0.182. The molecule has 6 heteroatoms. The number of Topliss-reactive ketones (excluding diaryl/α,β-unsaturated/α-hetero) is 2. The minimum atomic E-state index is -1.48. The van der Waals surface area contributed by atoms with Crippen molar-refractivity contribution in [2.75, 3.05) is 6.61 Å². The van der Waals surface area contributed by atoms with E-state index >= 15 is 0 Å². The standard InChI is InChI=1S/C29H44O6/c1-4-5-6-10-21(31)25(26(34)35)29(23(33)17-30)15-13-20-19-12-11-18-9-7-8-14-27(18,2)24(19)22(32)16-28(20,29)3/h9,19-20,22,24-25,30,32H,4-8,10-17H2,1-3H3,(H,34,35). The normalized spacial score (nSPS) is 41.2. The molecule has 35 heavy (non-hydrogen) atoms. The monoisotopic (exact) mass is 488 g/mol. The van der Waals surface area contributed by atoms with E-state index in [0.717, 1.165) is 44.9 Å². The van der Waals surface area contributed by atoms with Crippen LogP contribution in [-0.4, -0.2) is 45.6 Å². The predicted octanol–water partition coefficient (Wildman–Crippen LogP) is 4.71. The number of aliphatic hydroxyl groups is 2. The molecule has 4 aliphatic carbocycles. The van der Waals surface area contributed by atoms with Crippen LogP contribution in [0.4, 0.5) is 0 Å². The lowest BCUT2D eigenvalue weighted by Crippen LogP contribution is -2.62. The summed E-state index contributed by atoms with van der Waals surface area (Å²) in [4.78, 5) is 39.7. The lowest BCUT2D eigenvalue weighted by Gasteiger charge is -2.61. The fourth-order valence-electron chi connectivity index (χ4n) is 9.49. The summed E-state index contributed by atoms with van der Waals surface area (Å²) in [6.45, 7) is 5.49. The predicted molar refractivity (Wildman–Crippen MR) is 133 cm³/mol. The average Bonchev–Trinajstić information content (AvgIpc) is 3.10. The summed E-state index contributed by atoms with van der Waals surface area (Å²) in [5, 5.41) is 32.1. The second kappa shape index (κ2) is 9.74. The third kappa shape index (κ3) is 3.85. The molecule has 4 aliphatic rings. The Labute approximate surface area is 209 Å². The second-order valence-corrected chi connectivity index (χ2v) is 12.3. The van der Waals surface area contributed by atoms with Gasteiger partial charge in [-0.25, -0.2) is 0 Å². The second-order valence-electron chi connectivity index (χ2n) is 12.3. The van der Waals surface area contributed by atoms with Crippen LogP contribution in [0.25, 0.3) is 0 Å². The van der Waals surface area contributed by atoms with Crippen LogP contribution in [-0.2, 0) is 14.4 Å². The molecule has 0 spiro atoms. The molecule has 0 aromatic heterocycles. The third-order valence-electron chi connectivity index (χ3n) is 10.9. The maximum atomic E-state index is 13.6. The zero-order valence-corrected chi connectivity index (χ0v) is 21.7. The SMILES string of the molecule is CCCCCC(=O)C(C(=O)O)C1(C(=O)CO)CCC2C3CCC4=CCCCC4(C)C3C(O)CC21C. The van der Waals surface area contributed by atoms with E-state index in [2.05, 4.69) is 13.0 Å². The fourth-order valence-corrected chi connectivity index (χ4v) is 9.49. The van der Waals surface area contributed by atoms with Gasteiger partial charge < -0.3 is 15.3 Å². The van der Waals surface area contributed by atoms with Gasteiger partial charge in [-0.05, 0) is 86.4 Å². The number of allylic oxidation sites excluding steroid dienone is 2. The summed E-state index contributed by atoms with van der Waals surface area (Å²) in [5.41, 5.74) is -0.922. The van der Waals surface area contributed by atoms with Gasteiger partial charge in [-0.2, -0.15) is 0 Å². The fraction of sp³-hybridized carbons (Fsp3) is 0.828. The first-order chi connectivity index (χ1) is 16.6. The van der Waals surface area contributed by atoms with E-state index in [-0.39, 0.29) is 29.6 Å². The topological polar surface area (TPSA) is 112 Å². The van der Waals surface area contributed by atoms with Gasteiger partial charge in [-0.1, -0.05) is 45.3 Å². The molecule has 0 bridgehead atoms. The van der Waals surface area contributed by atoms with Gasteiger partial charge in [0.2, 0.25) is 0 Å². The van der Waals surface area contributed by atoms with E-state index in [0.29, 0.717) is 25.7 Å². The molecule has 3 N–H and O–H groups in total. The number of aliphatic carboxylic acids is 1. The van der Waals surface area contributed by atoms with Gasteiger partial charge >= 0.3 is 5.97 Å². The zero-order chi connectivity index (χ0) is 25.6. The largest absolute Gasteiger partial charge is 0.481 e. The van der Waals surface area contributed by atoms with E-state index in [9.17, 15) is 29.7 Å². The first kappa shape index (κ1) is 26.5. The van der Waals surface area contributed by atoms with Crippen molar-refractivity contribution in [2.45, 2.75) is 104 Å². The molecule has 0 radical (unpaired) electrons. The van der Waals surface area contributed by atoms with Gasteiger partial charge in [-0.3, -0.25) is 14.4 Å². The van der Waals surface area contributed by atoms with Crippen molar-refractivity contribution in [3.8, 4) is 0 Å². The Hall–Kier alpha value is -1.53. The Kier molecular flexibility index (Phi) is 7.38. The Morgan fingerprint density at radius 2 is 1.89 bits per heavy atom. The molecule has 4 rings (SSSR count). The summed E-state index contributed by atoms with van der Waals surface area (Å²) in [6, 6.07) is 0. The smallest absolute Gasteiger partial charge is 0.315 e. The van der Waals surface area contributed by atoms with Gasteiger partial charge in [0.05, 0.1) is 11.5 Å². The molecule has 8 atom stereocenters. The number of hydrogen-bond donors (Lipinski definition) is 3. The van der Waals surface area contributed by atoms with Crippen molar-refractivity contribution in [3.05, 3.63) is 11.6 Å². The van der Waals surface area contributed by atoms with E-state index in [1.54, 1.807) is 0 Å². The average molecular weight is 489 g/mol. The molecule has 0 amide bonds. The van der Waals surface area contributed by atoms with Crippen molar-refractivity contribution < 1.29 is 29.7 Å². The van der Waals surface area contributed by atoms with Gasteiger partial charge in [0.15, 0.2) is 5.78 Å². The molecule has 0 heterocycles. The molecule has 0 aliphatic heterocycles. The van der Waals surface area contributed by atoms with Gasteiger partial charge in [-0.15, -0.1) is 0 Å². The molecular formula is C29H44O6. The van der Waals surface area contributed by atoms with Crippen molar-refractivity contribution in [1.82, 2.24) is 0 Å². The zero-order valence-electron chi connectivity index (χ0n) is 21.7. The number of rotatable bonds is 9. The van der Waals surface area contributed by atoms with Crippen molar-refractivity contribution >= 4 is 17.5 Å². The van der Waals surface area contributed by atoms with Crippen LogP contribution in [0.1, 0.15) is 97.8 Å². The Bertz CT molecular complexity index is 894. The number of carboxylic acid groups (broad SMARTS) is 1. The number of carboxylic acids is 1. The number of fused-ring (bicyclic) bond motifs is 5. The van der Waals surface area contributed by atoms with Crippen molar-refractivity contribution in [2.24, 2.45) is 39.9 Å². The summed E-state index contributed by atoms with van der Waals surface area (Å²) in [6.07, 6.45) is 10.6. The van der Waals surface area contributed by atoms with Gasteiger partial charge in [0.25, 0.3) is 0 Å². The minimum Gasteiger partial charge on any atom is -0.481 e. The molecule has 6 nitrogen and oxygen atoms in total. The van der Waals surface area contributed by atoms with E-state index in [1.807, 2.05) is 13.8 Å². The van der Waals surface area contributed by atoms with Crippen LogP contribution >= 0.6 is 0 Å². The third-order valence-corrected chi connectivity index (χ3v) is 10.9. The Morgan fingerprint density at radius 1 is 1.14 bits per heavy atom. The van der Waals surface area contributed by atoms with Crippen molar-refractivity contribution in [1.29, 1.82) is 0 Å². The molecule has 8 unspecified atom stereocenters. The van der Waals surface area contributed by atoms with Crippen LogP contribution in [0.5, 0.6) is 0 Å². The summed E-state index contributed by atoms with van der Waals surface area (Å²) in [7, 11) is 0. The van der Waals surface area contributed by atoms with Crippen molar-refractivity contribution in [3.63, 3.8) is 0 Å². The molecule has 0 aromatic rings. The number of carbonyl (C=O) groups is 3. The number of carbonyl (C=O) groups excluding carboxylic acids is 2. The summed E-state index contributed by atoms with van der Waals surface area (Å²) < 4.78 is 0. The summed E-state index contributed by atoms with van der Waals surface area (Å²) >= 11 is 0. The number of unbranched alkanes of at least 4 members (excludes halogenated alkanes) is 2. The number of aliphatic hydroxyl groups excluding tert-OH is 2. The maximum Gasteiger partial charge on any atom is 0.315 e.